The number of imidazole rings is 3. The van der Waals surface area contributed by atoms with Gasteiger partial charge in [0, 0.05) is 6.07 Å². The molecule has 0 N–H and O–H groups in total. The van der Waals surface area contributed by atoms with E-state index in [4.69, 9.17) is 23.7 Å². The lowest BCUT2D eigenvalue weighted by Crippen LogP contribution is -2.15. The Hall–Kier alpha value is -7.74. The second kappa shape index (κ2) is 22.7. The van der Waals surface area contributed by atoms with Gasteiger partial charge in [0.2, 0.25) is 0 Å². The molecule has 3 aromatic heterocycles. The highest BCUT2D eigenvalue weighted by atomic mass is 16.5. The van der Waals surface area contributed by atoms with Crippen molar-refractivity contribution in [3.05, 3.63) is 174 Å². The van der Waals surface area contributed by atoms with Crippen molar-refractivity contribution >= 4 is 39.5 Å². The van der Waals surface area contributed by atoms with E-state index in [1.807, 2.05) is 58.5 Å². The molecule has 5 aromatic carbocycles. The van der Waals surface area contributed by atoms with Crippen LogP contribution in [0.5, 0.6) is 11.5 Å². The molecule has 0 saturated heterocycles. The smallest absolute Gasteiger partial charge is 0.356 e. The number of rotatable bonds is 14. The zero-order valence-electron chi connectivity index (χ0n) is 38.6. The predicted molar refractivity (Wildman–Crippen MR) is 253 cm³/mol. The molecular formula is C52H56N6O8. The van der Waals surface area contributed by atoms with Crippen molar-refractivity contribution in [2.75, 3.05) is 34.0 Å². The highest BCUT2D eigenvalue weighted by Crippen LogP contribution is 2.30. The number of carbonyl (C=O) groups excluding carboxylic acids is 3. The maximum atomic E-state index is 12.0. The van der Waals surface area contributed by atoms with Crippen LogP contribution >= 0.6 is 0 Å². The van der Waals surface area contributed by atoms with Gasteiger partial charge < -0.3 is 37.4 Å². The number of esters is 3. The number of carbonyl (C=O) groups is 3. The van der Waals surface area contributed by atoms with Crippen LogP contribution in [-0.4, -0.2) is 80.6 Å². The molecule has 0 spiro atoms. The summed E-state index contributed by atoms with van der Waals surface area (Å²) >= 11 is 0. The normalized spacial score (nSPS) is 12.1. The van der Waals surface area contributed by atoms with Gasteiger partial charge in [0.05, 0.1) is 89.7 Å². The average Bonchev–Trinajstić information content (AvgIpc) is 4.16. The van der Waals surface area contributed by atoms with Crippen molar-refractivity contribution in [2.45, 2.75) is 59.7 Å². The van der Waals surface area contributed by atoms with E-state index in [1.54, 1.807) is 77.0 Å². The number of hydrogen-bond donors (Lipinski definition) is 0. The van der Waals surface area contributed by atoms with E-state index in [-0.39, 0.29) is 36.0 Å². The zero-order valence-corrected chi connectivity index (χ0v) is 38.6. The molecular weight excluding hydrogens is 837 g/mol. The second-order valence-electron chi connectivity index (χ2n) is 15.1. The monoisotopic (exact) mass is 892 g/mol. The minimum Gasteiger partial charge on any atom is -0.497 e. The Labute approximate surface area is 384 Å². The number of methoxy groups -OCH3 is 2. The summed E-state index contributed by atoms with van der Waals surface area (Å²) in [6, 6.07) is 34.5. The van der Waals surface area contributed by atoms with Crippen molar-refractivity contribution in [1.29, 1.82) is 0 Å². The first kappa shape index (κ1) is 47.7. The van der Waals surface area contributed by atoms with E-state index in [2.05, 4.69) is 83.4 Å². The van der Waals surface area contributed by atoms with Crippen molar-refractivity contribution in [1.82, 2.24) is 28.7 Å². The summed E-state index contributed by atoms with van der Waals surface area (Å²) in [5, 5.41) is 4.75. The molecule has 0 radical (unpaired) electrons. The van der Waals surface area contributed by atoms with Crippen LogP contribution in [0.25, 0.3) is 21.5 Å². The fourth-order valence-electron chi connectivity index (χ4n) is 7.55. The van der Waals surface area contributed by atoms with Gasteiger partial charge in [-0.2, -0.15) is 0 Å². The quantitative estimate of drug-likeness (QED) is 0.0758. The first-order valence-corrected chi connectivity index (χ1v) is 21.8. The lowest BCUT2D eigenvalue weighted by atomic mass is 9.99. The summed E-state index contributed by atoms with van der Waals surface area (Å²) in [6.07, 6.45) is 9.58. The summed E-state index contributed by atoms with van der Waals surface area (Å²) in [7, 11) is 3.20. The van der Waals surface area contributed by atoms with Gasteiger partial charge in [0.15, 0.2) is 0 Å². The summed E-state index contributed by atoms with van der Waals surface area (Å²) in [6.45, 7) is 12.5. The molecule has 0 fully saturated rings. The largest absolute Gasteiger partial charge is 0.497 e. The Morgan fingerprint density at radius 2 is 0.924 bits per heavy atom. The predicted octanol–water partition coefficient (Wildman–Crippen LogP) is 10.3. The van der Waals surface area contributed by atoms with E-state index < -0.39 is 0 Å². The van der Waals surface area contributed by atoms with E-state index in [0.29, 0.717) is 48.4 Å². The third kappa shape index (κ3) is 11.1. The number of nitrogens with zero attached hydrogens (tertiary/aromatic N) is 6. The SMILES string of the molecule is CCOC(=O)c1cncn1[C@H](C)c1cc(OC)cc(OC)c1.CCOC(=O)c1cncn1[C@H](C)c1ccc2ccccc2c1.CCOC(=O)c1cncn1[C@H](C)c1cccc2ccccc12. The molecule has 0 amide bonds. The molecule has 14 heteroatoms. The standard InChI is InChI=1S/2C18H18N2O2.C16H20N2O4/c1-3-22-18(21)17-11-19-12-20(17)13(2)15-10-6-8-14-7-4-5-9-16(14)15;1-3-22-18(21)17-11-19-12-20(17)13(2)15-9-8-14-6-4-5-7-16(14)10-15;1-5-22-16(19)15-9-17-10-18(15)11(2)12-6-13(20-3)8-14(7-12)21-4/h2*4-13H,3H2,1-2H3;6-11H,5H2,1-4H3/t2*13-;11-/m111/s1. The van der Waals surface area contributed by atoms with Gasteiger partial charge in [0.1, 0.15) is 28.6 Å². The Balaban J connectivity index is 0.000000164. The summed E-state index contributed by atoms with van der Waals surface area (Å²) in [5.74, 6) is 0.319. The van der Waals surface area contributed by atoms with E-state index in [1.165, 1.54) is 27.7 Å². The average molecular weight is 893 g/mol. The molecule has 0 unspecified atom stereocenters. The van der Waals surface area contributed by atoms with Crippen molar-refractivity contribution < 1.29 is 38.1 Å². The summed E-state index contributed by atoms with van der Waals surface area (Å²) in [4.78, 5) is 48.3. The van der Waals surface area contributed by atoms with Crippen LogP contribution in [0.15, 0.2) is 141 Å². The number of hydrogen-bond acceptors (Lipinski definition) is 11. The Morgan fingerprint density at radius 1 is 0.485 bits per heavy atom. The molecule has 0 aliphatic rings. The fraction of sp³-hybridized carbons (Fsp3) is 0.269. The summed E-state index contributed by atoms with van der Waals surface area (Å²) < 4.78 is 31.3. The third-order valence-corrected chi connectivity index (χ3v) is 11.1. The van der Waals surface area contributed by atoms with Crippen molar-refractivity contribution in [3.63, 3.8) is 0 Å². The van der Waals surface area contributed by atoms with Crippen LogP contribution < -0.4 is 9.47 Å². The van der Waals surface area contributed by atoms with Crippen LogP contribution in [0.4, 0.5) is 0 Å². The first-order valence-electron chi connectivity index (χ1n) is 21.8. The zero-order chi connectivity index (χ0) is 47.2. The first-order chi connectivity index (χ1) is 32.0. The molecule has 0 saturated carbocycles. The molecule has 0 aliphatic carbocycles. The van der Waals surface area contributed by atoms with E-state index in [0.717, 1.165) is 16.7 Å². The van der Waals surface area contributed by atoms with Gasteiger partial charge in [0.25, 0.3) is 0 Å². The number of aromatic nitrogens is 6. The van der Waals surface area contributed by atoms with Crippen LogP contribution in [0.2, 0.25) is 0 Å². The molecule has 3 atom stereocenters. The van der Waals surface area contributed by atoms with Gasteiger partial charge in [-0.25, -0.2) is 29.3 Å². The van der Waals surface area contributed by atoms with Crippen LogP contribution in [0.1, 0.15) is 108 Å². The molecule has 66 heavy (non-hydrogen) atoms. The number of fused-ring (bicyclic) bond motifs is 2. The minimum atomic E-state index is -0.387. The maximum Gasteiger partial charge on any atom is 0.356 e. The van der Waals surface area contributed by atoms with Crippen molar-refractivity contribution in [2.24, 2.45) is 0 Å². The third-order valence-electron chi connectivity index (χ3n) is 11.1. The Kier molecular flexibility index (Phi) is 16.5. The van der Waals surface area contributed by atoms with Gasteiger partial charge in [-0.1, -0.05) is 78.9 Å². The van der Waals surface area contributed by atoms with Gasteiger partial charge in [-0.05, 0) is 98.0 Å². The van der Waals surface area contributed by atoms with Crippen LogP contribution in [-0.2, 0) is 14.2 Å². The Bertz CT molecular complexity index is 2850. The highest BCUT2D eigenvalue weighted by molar-refractivity contribution is 5.89. The van der Waals surface area contributed by atoms with Crippen LogP contribution in [0, 0.1) is 0 Å². The number of benzene rings is 5. The van der Waals surface area contributed by atoms with Gasteiger partial charge >= 0.3 is 17.9 Å². The molecule has 0 aliphatic heterocycles. The lowest BCUT2D eigenvalue weighted by Gasteiger charge is -2.18. The fourth-order valence-corrected chi connectivity index (χ4v) is 7.55. The molecule has 342 valence electrons. The maximum absolute atomic E-state index is 12.0. The molecule has 0 bridgehead atoms. The van der Waals surface area contributed by atoms with E-state index >= 15 is 0 Å². The van der Waals surface area contributed by atoms with Gasteiger partial charge in [-0.3, -0.25) is 0 Å². The molecule has 8 aromatic rings. The molecule has 8 rings (SSSR count). The topological polar surface area (TPSA) is 151 Å². The van der Waals surface area contributed by atoms with Gasteiger partial charge in [-0.15, -0.1) is 0 Å². The van der Waals surface area contributed by atoms with Crippen LogP contribution in [0.3, 0.4) is 0 Å². The summed E-state index contributed by atoms with van der Waals surface area (Å²) in [5.41, 5.74) is 4.59. The Morgan fingerprint density at radius 3 is 1.42 bits per heavy atom. The lowest BCUT2D eigenvalue weighted by molar-refractivity contribution is 0.0503. The minimum absolute atomic E-state index is 0.00603. The number of ether oxygens (including phenoxy) is 5. The van der Waals surface area contributed by atoms with E-state index in [9.17, 15) is 14.4 Å². The molecule has 14 nitrogen and oxygen atoms in total. The second-order valence-corrected chi connectivity index (χ2v) is 15.1. The van der Waals surface area contributed by atoms with Crippen molar-refractivity contribution in [3.8, 4) is 11.5 Å². The molecule has 3 heterocycles. The highest BCUT2D eigenvalue weighted by Gasteiger charge is 2.21.